The van der Waals surface area contributed by atoms with Crippen LogP contribution in [0.3, 0.4) is 0 Å². The Morgan fingerprint density at radius 1 is 1.43 bits per heavy atom. The minimum atomic E-state index is -1.25. The molecule has 1 atom stereocenters. The van der Waals surface area contributed by atoms with Crippen molar-refractivity contribution < 1.29 is 9.29 Å². The van der Waals surface area contributed by atoms with Crippen LogP contribution in [0.25, 0.3) is 32.9 Å². The maximum Gasteiger partial charge on any atom is 0.232 e. The van der Waals surface area contributed by atoms with E-state index in [0.717, 1.165) is 38.7 Å². The summed E-state index contributed by atoms with van der Waals surface area (Å²) in [6.07, 6.45) is 3.50. The van der Waals surface area contributed by atoms with Crippen molar-refractivity contribution >= 4 is 38.4 Å². The lowest BCUT2D eigenvalue weighted by molar-refractivity contribution is 0.217. The summed E-state index contributed by atoms with van der Waals surface area (Å²) in [6.45, 7) is 2.35. The van der Waals surface area contributed by atoms with Crippen molar-refractivity contribution in [1.82, 2.24) is 24.7 Å². The molecule has 146 valence electrons. The third-order valence-corrected chi connectivity index (χ3v) is 7.49. The molecule has 4 rings (SSSR count). The van der Waals surface area contributed by atoms with E-state index >= 15 is 0 Å². The second-order valence-electron chi connectivity index (χ2n) is 6.30. The van der Waals surface area contributed by atoms with E-state index < -0.39 is 11.2 Å². The van der Waals surface area contributed by atoms with Gasteiger partial charge in [-0.3, -0.25) is 5.10 Å². The summed E-state index contributed by atoms with van der Waals surface area (Å²) in [5.41, 5.74) is 10.3. The predicted molar refractivity (Wildman–Crippen MR) is 112 cm³/mol. The van der Waals surface area contributed by atoms with Crippen LogP contribution in [0.2, 0.25) is 0 Å². The van der Waals surface area contributed by atoms with Crippen LogP contribution < -0.4 is 5.73 Å². The van der Waals surface area contributed by atoms with Crippen LogP contribution in [0.15, 0.2) is 28.7 Å². The topological polar surface area (TPSA) is 118 Å². The Bertz CT molecular complexity index is 1120. The zero-order chi connectivity index (χ0) is 19.8. The summed E-state index contributed by atoms with van der Waals surface area (Å²) in [7, 11) is 3.55. The van der Waals surface area contributed by atoms with E-state index in [1.165, 1.54) is 11.3 Å². The molecular weight excluding hydrogens is 396 g/mol. The first-order valence-electron chi connectivity index (χ1n) is 8.60. The van der Waals surface area contributed by atoms with Gasteiger partial charge in [-0.15, -0.1) is 0 Å². The van der Waals surface area contributed by atoms with Gasteiger partial charge in [0.25, 0.3) is 0 Å². The lowest BCUT2D eigenvalue weighted by Gasteiger charge is -2.09. The maximum atomic E-state index is 12.7. The number of methoxy groups -OCH3 is 1. The average Bonchev–Trinajstić information content (AvgIpc) is 3.41. The van der Waals surface area contributed by atoms with Gasteiger partial charge in [0.05, 0.1) is 29.9 Å². The van der Waals surface area contributed by atoms with Gasteiger partial charge in [-0.25, -0.2) is 9.97 Å². The van der Waals surface area contributed by atoms with Crippen molar-refractivity contribution in [3.63, 3.8) is 0 Å². The number of nitrogens with zero attached hydrogens (tertiary/aromatic N) is 4. The number of rotatable bonds is 6. The summed E-state index contributed by atoms with van der Waals surface area (Å²) in [6, 6.07) is 3.83. The van der Waals surface area contributed by atoms with Gasteiger partial charge in [-0.1, -0.05) is 11.3 Å². The van der Waals surface area contributed by atoms with Crippen LogP contribution in [-0.4, -0.2) is 48.8 Å². The standard InChI is InChI=1S/C18H20N6O2S2/c1-10-20-9-14(24(10)2)11-8-13(12-4-5-21-23-12)22-17-15(11)16(19)18(27-17)28(25)7-6-26-3/h4-5,8-9H,6-7,19H2,1-3H3,(H,21,23). The molecule has 0 aromatic carbocycles. The van der Waals surface area contributed by atoms with Crippen LogP contribution in [0, 0.1) is 6.92 Å². The van der Waals surface area contributed by atoms with E-state index in [-0.39, 0.29) is 0 Å². The average molecular weight is 417 g/mol. The number of pyridine rings is 1. The fourth-order valence-corrected chi connectivity index (χ4v) is 5.58. The molecule has 0 saturated heterocycles. The molecule has 8 nitrogen and oxygen atoms in total. The highest BCUT2D eigenvalue weighted by atomic mass is 32.2. The zero-order valence-electron chi connectivity index (χ0n) is 15.7. The molecule has 1 unspecified atom stereocenters. The molecule has 0 amide bonds. The van der Waals surface area contributed by atoms with Gasteiger partial charge in [0.2, 0.25) is 4.21 Å². The number of aryl methyl sites for hydroxylation is 1. The second kappa shape index (κ2) is 7.55. The molecule has 4 heterocycles. The van der Waals surface area contributed by atoms with Gasteiger partial charge in [0.1, 0.15) is 22.1 Å². The molecule has 0 spiro atoms. The van der Waals surface area contributed by atoms with Gasteiger partial charge in [0, 0.05) is 42.5 Å². The van der Waals surface area contributed by atoms with E-state index in [2.05, 4.69) is 15.2 Å². The van der Waals surface area contributed by atoms with Gasteiger partial charge < -0.3 is 19.6 Å². The SMILES string of the molecule is COCC[S+]([O-])c1sc2nc(-c3ccn[nH]3)cc(-c3cnc(C)n3C)c2c1N. The number of H-pyrrole nitrogens is 1. The van der Waals surface area contributed by atoms with Crippen LogP contribution in [-0.2, 0) is 23.0 Å². The Hall–Kier alpha value is -2.40. The molecule has 0 saturated carbocycles. The predicted octanol–water partition coefficient (Wildman–Crippen LogP) is 2.73. The van der Waals surface area contributed by atoms with Crippen LogP contribution in [0.1, 0.15) is 5.82 Å². The van der Waals surface area contributed by atoms with E-state index in [1.54, 1.807) is 13.3 Å². The number of aromatic amines is 1. The van der Waals surface area contributed by atoms with Crippen LogP contribution in [0.4, 0.5) is 5.69 Å². The smallest absolute Gasteiger partial charge is 0.232 e. The zero-order valence-corrected chi connectivity index (χ0v) is 17.4. The number of hydrogen-bond acceptors (Lipinski definition) is 7. The van der Waals surface area contributed by atoms with Crippen molar-refractivity contribution in [3.8, 4) is 22.6 Å². The lowest BCUT2D eigenvalue weighted by Crippen LogP contribution is -2.11. The molecule has 0 aliphatic heterocycles. The number of nitrogens with two attached hydrogens (primary N) is 1. The number of nitrogen functional groups attached to an aromatic ring is 1. The van der Waals surface area contributed by atoms with E-state index in [0.29, 0.717) is 22.3 Å². The molecule has 0 fully saturated rings. The van der Waals surface area contributed by atoms with Crippen LogP contribution in [0.5, 0.6) is 0 Å². The summed E-state index contributed by atoms with van der Waals surface area (Å²) in [5.74, 6) is 1.28. The van der Waals surface area contributed by atoms with Crippen molar-refractivity contribution in [2.45, 2.75) is 11.1 Å². The molecule has 10 heteroatoms. The molecule has 28 heavy (non-hydrogen) atoms. The molecule has 3 N–H and O–H groups in total. The van der Waals surface area contributed by atoms with E-state index in [4.69, 9.17) is 15.5 Å². The Kier molecular flexibility index (Phi) is 5.11. The Labute approximate surface area is 168 Å². The van der Waals surface area contributed by atoms with E-state index in [9.17, 15) is 4.55 Å². The van der Waals surface area contributed by atoms with Crippen molar-refractivity contribution in [1.29, 1.82) is 0 Å². The number of nitrogens with one attached hydrogen (secondary N) is 1. The molecule has 0 aliphatic rings. The number of hydrogen-bond donors (Lipinski definition) is 2. The Morgan fingerprint density at radius 3 is 2.89 bits per heavy atom. The first-order valence-corrected chi connectivity index (χ1v) is 10.7. The van der Waals surface area contributed by atoms with Gasteiger partial charge >= 0.3 is 0 Å². The minimum absolute atomic E-state index is 0.390. The fourth-order valence-electron chi connectivity index (χ4n) is 3.01. The summed E-state index contributed by atoms with van der Waals surface area (Å²) in [5, 5.41) is 7.77. The second-order valence-corrected chi connectivity index (χ2v) is 9.07. The van der Waals surface area contributed by atoms with Crippen molar-refractivity contribution in [2.75, 3.05) is 25.2 Å². The molecule has 4 aromatic rings. The highest BCUT2D eigenvalue weighted by Crippen LogP contribution is 2.43. The lowest BCUT2D eigenvalue weighted by atomic mass is 10.1. The molecular formula is C18H20N6O2S2. The maximum absolute atomic E-state index is 12.7. The third kappa shape index (κ3) is 3.18. The van der Waals surface area contributed by atoms with Gasteiger partial charge in [-0.05, 0) is 19.1 Å². The first kappa shape index (κ1) is 18.9. The summed E-state index contributed by atoms with van der Waals surface area (Å²) in [4.78, 5) is 9.90. The molecule has 0 aliphatic carbocycles. The molecule has 0 radical (unpaired) electrons. The van der Waals surface area contributed by atoms with Gasteiger partial charge in [-0.2, -0.15) is 5.10 Å². The highest BCUT2D eigenvalue weighted by molar-refractivity contribution is 7.93. The third-order valence-electron chi connectivity index (χ3n) is 4.62. The number of aromatic nitrogens is 5. The minimum Gasteiger partial charge on any atom is -0.611 e. The van der Waals surface area contributed by atoms with Crippen LogP contribution >= 0.6 is 11.3 Å². The normalized spacial score (nSPS) is 12.7. The number of fused-ring (bicyclic) bond motifs is 1. The molecule has 0 bridgehead atoms. The van der Waals surface area contributed by atoms with E-state index in [1.807, 2.05) is 36.9 Å². The Morgan fingerprint density at radius 2 is 2.25 bits per heavy atom. The Balaban J connectivity index is 1.96. The van der Waals surface area contributed by atoms with Gasteiger partial charge in [0.15, 0.2) is 0 Å². The summed E-state index contributed by atoms with van der Waals surface area (Å²) < 4.78 is 20.4. The molecule has 4 aromatic heterocycles. The number of ether oxygens (including phenoxy) is 1. The number of imidazole rings is 1. The highest BCUT2D eigenvalue weighted by Gasteiger charge is 2.26. The first-order chi connectivity index (χ1) is 13.5. The summed E-state index contributed by atoms with van der Waals surface area (Å²) >= 11 is 0.110. The van der Waals surface area contributed by atoms with Crippen molar-refractivity contribution in [3.05, 3.63) is 30.4 Å². The number of anilines is 1. The number of thiophene rings is 1. The quantitative estimate of drug-likeness (QED) is 0.467. The van der Waals surface area contributed by atoms with Crippen molar-refractivity contribution in [2.24, 2.45) is 7.05 Å². The monoisotopic (exact) mass is 416 g/mol. The largest absolute Gasteiger partial charge is 0.611 e. The fraction of sp³-hybridized carbons (Fsp3) is 0.278.